The highest BCUT2D eigenvalue weighted by atomic mass is 16.5. The third kappa shape index (κ3) is 4.74. The number of hydrogen-bond donors (Lipinski definition) is 2. The van der Waals surface area contributed by atoms with E-state index in [4.69, 9.17) is 5.11 Å². The zero-order valence-electron chi connectivity index (χ0n) is 10.3. The molecule has 0 bridgehead atoms. The van der Waals surface area contributed by atoms with Crippen LogP contribution in [-0.4, -0.2) is 41.1 Å². The van der Waals surface area contributed by atoms with Crippen molar-refractivity contribution in [2.24, 2.45) is 0 Å². The van der Waals surface area contributed by atoms with Crippen LogP contribution in [0.5, 0.6) is 0 Å². The van der Waals surface area contributed by atoms with Gasteiger partial charge in [0.05, 0.1) is 7.11 Å². The van der Waals surface area contributed by atoms with E-state index in [1.165, 1.54) is 31.6 Å². The van der Waals surface area contributed by atoms with Crippen LogP contribution in [0.4, 0.5) is 0 Å². The molecule has 2 N–H and O–H groups in total. The van der Waals surface area contributed by atoms with Gasteiger partial charge in [0.2, 0.25) is 0 Å². The lowest BCUT2D eigenvalue weighted by molar-refractivity contribution is -0.142. The summed E-state index contributed by atoms with van der Waals surface area (Å²) >= 11 is 0. The fraction of sp³-hybridized carbons (Fsp3) is 0.333. The standard InChI is InChI=1S/C12H14N2O5/c1-19-10(15)3-2-9(12(17)18)14-11(16)8-4-6-13-7-5-8/h4-7,9H,2-3H2,1H3,(H,14,16)(H,17,18)/t9-/m1/s1. The number of carboxylic acids is 1. The van der Waals surface area contributed by atoms with E-state index in [0.717, 1.165) is 0 Å². The zero-order chi connectivity index (χ0) is 14.3. The van der Waals surface area contributed by atoms with Gasteiger partial charge in [-0.15, -0.1) is 0 Å². The number of carbonyl (C=O) groups excluding carboxylic acids is 2. The predicted molar refractivity (Wildman–Crippen MR) is 64.4 cm³/mol. The summed E-state index contributed by atoms with van der Waals surface area (Å²) in [5.41, 5.74) is 0.305. The summed E-state index contributed by atoms with van der Waals surface area (Å²) in [6, 6.07) is 1.79. The molecule has 0 aliphatic carbocycles. The lowest BCUT2D eigenvalue weighted by Gasteiger charge is -2.13. The summed E-state index contributed by atoms with van der Waals surface area (Å²) in [4.78, 5) is 37.5. The molecule has 0 saturated carbocycles. The Kier molecular flexibility index (Phi) is 5.46. The Morgan fingerprint density at radius 3 is 2.53 bits per heavy atom. The number of carboxylic acid groups (broad SMARTS) is 1. The van der Waals surface area contributed by atoms with Crippen LogP contribution < -0.4 is 5.32 Å². The maximum absolute atomic E-state index is 11.8. The second-order valence-corrected chi connectivity index (χ2v) is 3.71. The number of hydrogen-bond acceptors (Lipinski definition) is 5. The molecule has 0 saturated heterocycles. The molecule has 0 unspecified atom stereocenters. The van der Waals surface area contributed by atoms with E-state index >= 15 is 0 Å². The van der Waals surface area contributed by atoms with Crippen molar-refractivity contribution < 1.29 is 24.2 Å². The van der Waals surface area contributed by atoms with E-state index in [-0.39, 0.29) is 12.8 Å². The highest BCUT2D eigenvalue weighted by Gasteiger charge is 2.21. The molecule has 0 aliphatic heterocycles. The monoisotopic (exact) mass is 266 g/mol. The summed E-state index contributed by atoms with van der Waals surface area (Å²) < 4.78 is 4.42. The highest BCUT2D eigenvalue weighted by Crippen LogP contribution is 2.03. The molecule has 1 amide bonds. The molecule has 7 heteroatoms. The molecule has 0 aromatic carbocycles. The summed E-state index contributed by atoms with van der Waals surface area (Å²) in [5, 5.41) is 11.3. The number of aliphatic carboxylic acids is 1. The Balaban J connectivity index is 2.61. The van der Waals surface area contributed by atoms with Crippen LogP contribution in [-0.2, 0) is 14.3 Å². The first-order chi connectivity index (χ1) is 9.04. The minimum Gasteiger partial charge on any atom is -0.480 e. The highest BCUT2D eigenvalue weighted by molar-refractivity contribution is 5.96. The third-order valence-electron chi connectivity index (χ3n) is 2.41. The van der Waals surface area contributed by atoms with Crippen molar-refractivity contribution in [3.05, 3.63) is 30.1 Å². The molecule has 1 aromatic heterocycles. The first-order valence-corrected chi connectivity index (χ1v) is 5.55. The maximum atomic E-state index is 11.8. The number of rotatable bonds is 6. The van der Waals surface area contributed by atoms with E-state index in [2.05, 4.69) is 15.0 Å². The second-order valence-electron chi connectivity index (χ2n) is 3.71. The fourth-order valence-corrected chi connectivity index (χ4v) is 1.37. The van der Waals surface area contributed by atoms with Crippen LogP contribution in [0.3, 0.4) is 0 Å². The van der Waals surface area contributed by atoms with Crippen LogP contribution in [0.2, 0.25) is 0 Å². The molecular weight excluding hydrogens is 252 g/mol. The van der Waals surface area contributed by atoms with E-state index in [9.17, 15) is 14.4 Å². The average molecular weight is 266 g/mol. The third-order valence-corrected chi connectivity index (χ3v) is 2.41. The van der Waals surface area contributed by atoms with Crippen LogP contribution >= 0.6 is 0 Å². The van der Waals surface area contributed by atoms with E-state index in [1.807, 2.05) is 0 Å². The van der Waals surface area contributed by atoms with Crippen LogP contribution in [0.15, 0.2) is 24.5 Å². The summed E-state index contributed by atoms with van der Waals surface area (Å²) in [5.74, 6) is -2.25. The van der Waals surface area contributed by atoms with Crippen molar-refractivity contribution in [1.82, 2.24) is 10.3 Å². The van der Waals surface area contributed by atoms with Gasteiger partial charge in [-0.2, -0.15) is 0 Å². The summed E-state index contributed by atoms with van der Waals surface area (Å²) in [6.45, 7) is 0. The Hall–Kier alpha value is -2.44. The smallest absolute Gasteiger partial charge is 0.326 e. The van der Waals surface area contributed by atoms with E-state index < -0.39 is 23.9 Å². The lowest BCUT2D eigenvalue weighted by atomic mass is 10.1. The minimum absolute atomic E-state index is 0.0289. The number of methoxy groups -OCH3 is 1. The number of pyridine rings is 1. The van der Waals surface area contributed by atoms with E-state index in [1.54, 1.807) is 0 Å². The molecule has 19 heavy (non-hydrogen) atoms. The van der Waals surface area contributed by atoms with Crippen LogP contribution in [0, 0.1) is 0 Å². The number of carbonyl (C=O) groups is 3. The van der Waals surface area contributed by atoms with E-state index in [0.29, 0.717) is 5.56 Å². The topological polar surface area (TPSA) is 106 Å². The van der Waals surface area contributed by atoms with Crippen LogP contribution in [0.25, 0.3) is 0 Å². The molecule has 102 valence electrons. The van der Waals surface area contributed by atoms with Crippen molar-refractivity contribution in [3.8, 4) is 0 Å². The average Bonchev–Trinajstić information content (AvgIpc) is 2.43. The molecular formula is C12H14N2O5. The molecule has 7 nitrogen and oxygen atoms in total. The zero-order valence-corrected chi connectivity index (χ0v) is 10.3. The van der Waals surface area contributed by atoms with Gasteiger partial charge in [0.1, 0.15) is 6.04 Å². The number of esters is 1. The van der Waals surface area contributed by atoms with Gasteiger partial charge in [0.15, 0.2) is 0 Å². The molecule has 0 spiro atoms. The molecule has 0 radical (unpaired) electrons. The maximum Gasteiger partial charge on any atom is 0.326 e. The van der Waals surface area contributed by atoms with Gasteiger partial charge in [-0.3, -0.25) is 14.6 Å². The number of nitrogens with zero attached hydrogens (tertiary/aromatic N) is 1. The fourth-order valence-electron chi connectivity index (χ4n) is 1.37. The van der Waals surface area contributed by atoms with Gasteiger partial charge in [-0.05, 0) is 18.6 Å². The second kappa shape index (κ2) is 7.10. The number of aromatic nitrogens is 1. The Morgan fingerprint density at radius 1 is 1.37 bits per heavy atom. The summed E-state index contributed by atoms with van der Waals surface area (Å²) in [7, 11) is 1.22. The number of nitrogens with one attached hydrogen (secondary N) is 1. The predicted octanol–water partition coefficient (Wildman–Crippen LogP) is 0.218. The molecule has 1 atom stereocenters. The molecule has 0 fully saturated rings. The first-order valence-electron chi connectivity index (χ1n) is 5.55. The van der Waals surface area contributed by atoms with Gasteiger partial charge in [-0.1, -0.05) is 0 Å². The minimum atomic E-state index is -1.20. The van der Waals surface area contributed by atoms with Crippen molar-refractivity contribution >= 4 is 17.8 Å². The van der Waals surface area contributed by atoms with Crippen LogP contribution in [0.1, 0.15) is 23.2 Å². The van der Waals surface area contributed by atoms with Crippen molar-refractivity contribution in [2.75, 3.05) is 7.11 Å². The van der Waals surface area contributed by atoms with Crippen molar-refractivity contribution in [2.45, 2.75) is 18.9 Å². The SMILES string of the molecule is COC(=O)CC[C@@H](NC(=O)c1ccncc1)C(=O)O. The van der Waals surface area contributed by atoms with Crippen molar-refractivity contribution in [1.29, 1.82) is 0 Å². The molecule has 1 aromatic rings. The van der Waals surface area contributed by atoms with Gasteiger partial charge >= 0.3 is 11.9 Å². The number of ether oxygens (including phenoxy) is 1. The Labute approximate surface area is 109 Å². The largest absolute Gasteiger partial charge is 0.480 e. The molecule has 0 aliphatic rings. The quantitative estimate of drug-likeness (QED) is 0.713. The normalized spacial score (nSPS) is 11.4. The first kappa shape index (κ1) is 14.6. The van der Waals surface area contributed by atoms with Gasteiger partial charge in [-0.25, -0.2) is 4.79 Å². The van der Waals surface area contributed by atoms with Gasteiger partial charge in [0, 0.05) is 24.4 Å². The Bertz CT molecular complexity index is 460. The molecule has 1 rings (SSSR count). The van der Waals surface area contributed by atoms with Gasteiger partial charge < -0.3 is 15.2 Å². The Morgan fingerprint density at radius 2 is 2.00 bits per heavy atom. The van der Waals surface area contributed by atoms with Gasteiger partial charge in [0.25, 0.3) is 5.91 Å². The van der Waals surface area contributed by atoms with Crippen molar-refractivity contribution in [3.63, 3.8) is 0 Å². The molecule has 1 heterocycles. The lowest BCUT2D eigenvalue weighted by Crippen LogP contribution is -2.41. The number of amides is 1. The summed E-state index contributed by atoms with van der Waals surface area (Å²) in [6.07, 6.45) is 2.75.